The molecule has 0 spiro atoms. The van der Waals surface area contributed by atoms with Crippen molar-refractivity contribution in [3.63, 3.8) is 0 Å². The molecule has 3 heterocycles. The number of amides is 1. The molecule has 2 aliphatic rings. The Kier molecular flexibility index (Phi) is 5.08. The number of nitrogens with one attached hydrogen (secondary N) is 1. The number of hydrogen-bond donors (Lipinski definition) is 2. The Balaban J connectivity index is 1.56. The van der Waals surface area contributed by atoms with Crippen LogP contribution in [0.5, 0.6) is 0 Å². The lowest BCUT2D eigenvalue weighted by molar-refractivity contribution is -0.112. The lowest BCUT2D eigenvalue weighted by atomic mass is 10.0. The molecule has 1 aliphatic carbocycles. The number of primary amides is 1. The lowest BCUT2D eigenvalue weighted by Gasteiger charge is -2.28. The fourth-order valence-corrected chi connectivity index (χ4v) is 4.40. The maximum Gasteiger partial charge on any atom is 0.250 e. The molecule has 6 heteroatoms. The molecule has 0 bridgehead atoms. The number of anilines is 1. The Labute approximate surface area is 181 Å². The van der Waals surface area contributed by atoms with Crippen molar-refractivity contribution in [3.8, 4) is 0 Å². The van der Waals surface area contributed by atoms with Gasteiger partial charge in [-0.2, -0.15) is 0 Å². The zero-order valence-corrected chi connectivity index (χ0v) is 17.6. The van der Waals surface area contributed by atoms with Crippen molar-refractivity contribution in [3.05, 3.63) is 71.2 Å². The highest BCUT2D eigenvalue weighted by atomic mass is 16.5. The average Bonchev–Trinajstić information content (AvgIpc) is 3.05. The second-order valence-corrected chi connectivity index (χ2v) is 7.99. The standard InChI is InChI=1S/C25H26N4O2/c1-2-18-5-3-17(15-27-18)16-4-7-21-20-8-6-19(29-9-11-31-12-10-29)14-23(20)28-24(21)22(13-16)25(26)30/h3-6,8,13-15,28H,2,7,9-12H2,1H3,(H2,26,30). The van der Waals surface area contributed by atoms with Crippen molar-refractivity contribution in [2.75, 3.05) is 31.2 Å². The molecule has 1 aromatic carbocycles. The first-order chi connectivity index (χ1) is 15.1. The minimum atomic E-state index is -0.438. The highest BCUT2D eigenvalue weighted by Gasteiger charge is 2.22. The van der Waals surface area contributed by atoms with Crippen molar-refractivity contribution in [2.45, 2.75) is 19.8 Å². The molecule has 1 aliphatic heterocycles. The number of aryl methyl sites for hydroxylation is 1. The summed E-state index contributed by atoms with van der Waals surface area (Å²) in [5, 5.41) is 1.12. The molecule has 1 amide bonds. The predicted molar refractivity (Wildman–Crippen MR) is 124 cm³/mol. The molecule has 0 atom stereocenters. The van der Waals surface area contributed by atoms with Gasteiger partial charge in [0, 0.05) is 41.6 Å². The molecule has 0 saturated carbocycles. The topological polar surface area (TPSA) is 84.2 Å². The fraction of sp³-hybridized carbons (Fsp3) is 0.280. The summed E-state index contributed by atoms with van der Waals surface area (Å²) in [7, 11) is 0. The molecular weight excluding hydrogens is 388 g/mol. The van der Waals surface area contributed by atoms with E-state index >= 15 is 0 Å². The first-order valence-electron chi connectivity index (χ1n) is 10.8. The fourth-order valence-electron chi connectivity index (χ4n) is 4.40. The van der Waals surface area contributed by atoms with E-state index in [1.54, 1.807) is 0 Å². The summed E-state index contributed by atoms with van der Waals surface area (Å²) in [6, 6.07) is 10.5. The number of pyridine rings is 1. The van der Waals surface area contributed by atoms with Gasteiger partial charge in [-0.25, -0.2) is 0 Å². The molecule has 6 nitrogen and oxygen atoms in total. The zero-order valence-electron chi connectivity index (χ0n) is 17.6. The van der Waals surface area contributed by atoms with Gasteiger partial charge in [0.25, 0.3) is 5.91 Å². The molecule has 0 unspecified atom stereocenters. The van der Waals surface area contributed by atoms with Gasteiger partial charge in [0.2, 0.25) is 0 Å². The first-order valence-corrected chi connectivity index (χ1v) is 10.8. The Morgan fingerprint density at radius 1 is 1.23 bits per heavy atom. The highest BCUT2D eigenvalue weighted by Crippen LogP contribution is 2.35. The smallest absolute Gasteiger partial charge is 0.250 e. The van der Waals surface area contributed by atoms with Gasteiger partial charge in [0.15, 0.2) is 0 Å². The van der Waals surface area contributed by atoms with E-state index in [4.69, 9.17) is 10.5 Å². The molecule has 3 aromatic rings. The number of ether oxygens (including phenoxy) is 1. The molecular formula is C25H26N4O2. The lowest BCUT2D eigenvalue weighted by Crippen LogP contribution is -2.36. The minimum Gasteiger partial charge on any atom is -0.378 e. The number of aromatic amines is 1. The van der Waals surface area contributed by atoms with Crippen LogP contribution in [0.25, 0.3) is 22.0 Å². The number of nitrogens with zero attached hydrogens (tertiary/aromatic N) is 2. The van der Waals surface area contributed by atoms with Crippen LogP contribution >= 0.6 is 0 Å². The summed E-state index contributed by atoms with van der Waals surface area (Å²) in [5.41, 5.74) is 13.4. The third kappa shape index (κ3) is 3.64. The van der Waals surface area contributed by atoms with Crippen molar-refractivity contribution in [1.29, 1.82) is 0 Å². The van der Waals surface area contributed by atoms with Gasteiger partial charge in [0.1, 0.15) is 0 Å². The third-order valence-corrected chi connectivity index (χ3v) is 6.15. The Morgan fingerprint density at radius 3 is 2.77 bits per heavy atom. The second-order valence-electron chi connectivity index (χ2n) is 7.99. The van der Waals surface area contributed by atoms with Crippen LogP contribution in [0.15, 0.2) is 48.7 Å². The summed E-state index contributed by atoms with van der Waals surface area (Å²) in [5.74, 6) is -0.438. The normalized spacial score (nSPS) is 16.5. The SMILES string of the molecule is CCc1ccc(C2=CCc3c([nH]c4cc(N5CCOCC5)ccc34)C(C(N)=O)=C2)cn1. The number of fused-ring (bicyclic) bond motifs is 3. The van der Waals surface area contributed by atoms with E-state index in [2.05, 4.69) is 52.1 Å². The molecule has 158 valence electrons. The number of rotatable bonds is 4. The number of H-pyrrole nitrogens is 1. The van der Waals surface area contributed by atoms with Crippen LogP contribution in [-0.2, 0) is 22.4 Å². The van der Waals surface area contributed by atoms with E-state index in [0.29, 0.717) is 12.0 Å². The molecule has 1 saturated heterocycles. The monoisotopic (exact) mass is 414 g/mol. The molecule has 5 rings (SSSR count). The first kappa shape index (κ1) is 19.6. The Bertz CT molecular complexity index is 1200. The van der Waals surface area contributed by atoms with Crippen LogP contribution < -0.4 is 10.6 Å². The van der Waals surface area contributed by atoms with Gasteiger partial charge in [-0.15, -0.1) is 0 Å². The summed E-state index contributed by atoms with van der Waals surface area (Å²) < 4.78 is 5.47. The molecule has 3 N–H and O–H groups in total. The van der Waals surface area contributed by atoms with Gasteiger partial charge in [-0.3, -0.25) is 9.78 Å². The minimum absolute atomic E-state index is 0.438. The van der Waals surface area contributed by atoms with Gasteiger partial charge in [0.05, 0.1) is 24.5 Å². The molecule has 31 heavy (non-hydrogen) atoms. The van der Waals surface area contributed by atoms with Crippen molar-refractivity contribution in [1.82, 2.24) is 9.97 Å². The Morgan fingerprint density at radius 2 is 2.06 bits per heavy atom. The maximum atomic E-state index is 12.4. The highest BCUT2D eigenvalue weighted by molar-refractivity contribution is 6.22. The number of carbonyl (C=O) groups is 1. The number of nitrogens with two attached hydrogens (primary N) is 1. The number of carbonyl (C=O) groups excluding carboxylic acids is 1. The van der Waals surface area contributed by atoms with Crippen LogP contribution in [0.2, 0.25) is 0 Å². The summed E-state index contributed by atoms with van der Waals surface area (Å²) in [4.78, 5) is 22.7. The largest absolute Gasteiger partial charge is 0.378 e. The van der Waals surface area contributed by atoms with Crippen LogP contribution in [-0.4, -0.2) is 42.2 Å². The van der Waals surface area contributed by atoms with Crippen LogP contribution in [0, 0.1) is 0 Å². The van der Waals surface area contributed by atoms with E-state index in [-0.39, 0.29) is 0 Å². The number of allylic oxidation sites excluding steroid dienone is 3. The summed E-state index contributed by atoms with van der Waals surface area (Å²) in [6.07, 6.45) is 7.51. The van der Waals surface area contributed by atoms with E-state index in [1.165, 1.54) is 0 Å². The summed E-state index contributed by atoms with van der Waals surface area (Å²) in [6.45, 7) is 5.34. The van der Waals surface area contributed by atoms with Crippen LogP contribution in [0.3, 0.4) is 0 Å². The molecule has 0 radical (unpaired) electrons. The van der Waals surface area contributed by atoms with E-state index in [1.807, 2.05) is 18.3 Å². The second kappa shape index (κ2) is 8.04. The van der Waals surface area contributed by atoms with Crippen LogP contribution in [0.4, 0.5) is 5.69 Å². The number of morpholine rings is 1. The van der Waals surface area contributed by atoms with Crippen molar-refractivity contribution < 1.29 is 9.53 Å². The predicted octanol–water partition coefficient (Wildman–Crippen LogP) is 3.47. The third-order valence-electron chi connectivity index (χ3n) is 6.15. The van der Waals surface area contributed by atoms with Gasteiger partial charge < -0.3 is 20.4 Å². The Hall–Kier alpha value is -3.38. The molecule has 1 fully saturated rings. The van der Waals surface area contributed by atoms with Gasteiger partial charge in [-0.1, -0.05) is 25.1 Å². The number of hydrogen-bond acceptors (Lipinski definition) is 4. The van der Waals surface area contributed by atoms with Gasteiger partial charge >= 0.3 is 0 Å². The van der Waals surface area contributed by atoms with Gasteiger partial charge in [-0.05, 0) is 53.8 Å². The van der Waals surface area contributed by atoms with E-state index < -0.39 is 5.91 Å². The van der Waals surface area contributed by atoms with E-state index in [0.717, 1.165) is 77.4 Å². The number of benzene rings is 1. The molecule has 2 aromatic heterocycles. The van der Waals surface area contributed by atoms with Crippen molar-refractivity contribution >= 4 is 33.6 Å². The average molecular weight is 415 g/mol. The quantitative estimate of drug-likeness (QED) is 0.685. The maximum absolute atomic E-state index is 12.4. The van der Waals surface area contributed by atoms with E-state index in [9.17, 15) is 4.79 Å². The van der Waals surface area contributed by atoms with Crippen molar-refractivity contribution in [2.24, 2.45) is 5.73 Å². The number of aromatic nitrogens is 2. The summed E-state index contributed by atoms with van der Waals surface area (Å²) >= 11 is 0. The van der Waals surface area contributed by atoms with Crippen LogP contribution in [0.1, 0.15) is 29.4 Å². The zero-order chi connectivity index (χ0) is 21.4.